The van der Waals surface area contributed by atoms with E-state index in [9.17, 15) is 0 Å². The van der Waals surface area contributed by atoms with E-state index in [0.717, 1.165) is 19.8 Å². The number of rotatable bonds is 8. The van der Waals surface area contributed by atoms with Gasteiger partial charge in [0.25, 0.3) is 0 Å². The number of epoxide rings is 1. The van der Waals surface area contributed by atoms with E-state index in [1.807, 2.05) is 0 Å². The summed E-state index contributed by atoms with van der Waals surface area (Å²) in [6.45, 7) is 4.88. The summed E-state index contributed by atoms with van der Waals surface area (Å²) in [6, 6.07) is 0. The van der Waals surface area contributed by atoms with Crippen LogP contribution >= 0.6 is 0 Å². The van der Waals surface area contributed by atoms with Crippen LogP contribution in [0.15, 0.2) is 0 Å². The van der Waals surface area contributed by atoms with Gasteiger partial charge in [-0.2, -0.15) is 0 Å². The number of ether oxygens (including phenoxy) is 2. The minimum absolute atomic E-state index is 0.431. The van der Waals surface area contributed by atoms with Crippen molar-refractivity contribution in [1.82, 2.24) is 0 Å². The van der Waals surface area contributed by atoms with Crippen LogP contribution in [0.4, 0.5) is 0 Å². The lowest BCUT2D eigenvalue weighted by Crippen LogP contribution is -2.02. The Morgan fingerprint density at radius 1 is 1.25 bits per heavy atom. The Morgan fingerprint density at radius 3 is 2.67 bits per heavy atom. The van der Waals surface area contributed by atoms with Crippen molar-refractivity contribution in [2.75, 3.05) is 19.8 Å². The van der Waals surface area contributed by atoms with Crippen LogP contribution in [0.5, 0.6) is 0 Å². The molecule has 0 bridgehead atoms. The first kappa shape index (κ1) is 10.0. The van der Waals surface area contributed by atoms with Crippen LogP contribution in [0.1, 0.15) is 39.0 Å². The first-order valence-electron chi connectivity index (χ1n) is 5.13. The van der Waals surface area contributed by atoms with Crippen molar-refractivity contribution in [3.05, 3.63) is 0 Å². The standard InChI is InChI=1S/C10H20O2/c1-2-3-4-5-6-7-11-8-10-9-12-10/h10H,2-9H2,1H3/t10-/m0/s1. The first-order chi connectivity index (χ1) is 5.93. The van der Waals surface area contributed by atoms with E-state index in [2.05, 4.69) is 6.92 Å². The molecule has 0 spiro atoms. The second-order valence-electron chi connectivity index (χ2n) is 3.44. The Kier molecular flexibility index (Phi) is 5.37. The molecule has 0 saturated carbocycles. The van der Waals surface area contributed by atoms with Gasteiger partial charge in [-0.25, -0.2) is 0 Å². The highest BCUT2D eigenvalue weighted by atomic mass is 16.6. The predicted octanol–water partition coefficient (Wildman–Crippen LogP) is 2.37. The Bertz CT molecular complexity index is 100. The highest BCUT2D eigenvalue weighted by Crippen LogP contribution is 2.09. The monoisotopic (exact) mass is 172 g/mol. The molecule has 2 nitrogen and oxygen atoms in total. The lowest BCUT2D eigenvalue weighted by atomic mass is 10.2. The number of hydrogen-bond donors (Lipinski definition) is 0. The molecule has 1 rings (SSSR count). The van der Waals surface area contributed by atoms with Crippen LogP contribution in [0, 0.1) is 0 Å². The summed E-state index contributed by atoms with van der Waals surface area (Å²) >= 11 is 0. The van der Waals surface area contributed by atoms with E-state index in [1.54, 1.807) is 0 Å². The van der Waals surface area contributed by atoms with Crippen molar-refractivity contribution in [2.24, 2.45) is 0 Å². The van der Waals surface area contributed by atoms with Gasteiger partial charge in [0.05, 0.1) is 13.2 Å². The Hall–Kier alpha value is -0.0800. The molecule has 0 aromatic heterocycles. The van der Waals surface area contributed by atoms with Gasteiger partial charge in [0.2, 0.25) is 0 Å². The van der Waals surface area contributed by atoms with Crippen LogP contribution in [0.2, 0.25) is 0 Å². The smallest absolute Gasteiger partial charge is 0.104 e. The molecule has 0 N–H and O–H groups in total. The average Bonchev–Trinajstić information content (AvgIpc) is 2.87. The lowest BCUT2D eigenvalue weighted by molar-refractivity contribution is 0.113. The van der Waals surface area contributed by atoms with Gasteiger partial charge in [-0.15, -0.1) is 0 Å². The van der Waals surface area contributed by atoms with Gasteiger partial charge in [0, 0.05) is 6.61 Å². The molecule has 0 aromatic carbocycles. The van der Waals surface area contributed by atoms with E-state index in [4.69, 9.17) is 9.47 Å². The van der Waals surface area contributed by atoms with Gasteiger partial charge in [0.1, 0.15) is 6.10 Å². The third-order valence-corrected chi connectivity index (χ3v) is 2.10. The molecule has 1 fully saturated rings. The third-order valence-electron chi connectivity index (χ3n) is 2.10. The topological polar surface area (TPSA) is 21.8 Å². The van der Waals surface area contributed by atoms with Gasteiger partial charge >= 0.3 is 0 Å². The summed E-state index contributed by atoms with van der Waals surface area (Å²) in [5.41, 5.74) is 0. The molecule has 1 atom stereocenters. The van der Waals surface area contributed by atoms with Crippen LogP contribution in [-0.4, -0.2) is 25.9 Å². The molecule has 1 saturated heterocycles. The lowest BCUT2D eigenvalue weighted by Gasteiger charge is -2.01. The Balaban J connectivity index is 1.65. The normalized spacial score (nSPS) is 21.2. The maximum absolute atomic E-state index is 5.41. The van der Waals surface area contributed by atoms with Crippen LogP contribution in [-0.2, 0) is 9.47 Å². The Labute approximate surface area is 75.2 Å². The molecule has 1 aliphatic heterocycles. The minimum Gasteiger partial charge on any atom is -0.379 e. The minimum atomic E-state index is 0.431. The van der Waals surface area contributed by atoms with Gasteiger partial charge < -0.3 is 9.47 Å². The van der Waals surface area contributed by atoms with Crippen molar-refractivity contribution in [2.45, 2.75) is 45.1 Å². The molecule has 1 heterocycles. The highest BCUT2D eigenvalue weighted by Gasteiger charge is 2.21. The van der Waals surface area contributed by atoms with Crippen molar-refractivity contribution < 1.29 is 9.47 Å². The van der Waals surface area contributed by atoms with Gasteiger partial charge in [0.15, 0.2) is 0 Å². The molecule has 1 aliphatic rings. The molecule has 2 heteroatoms. The quantitative estimate of drug-likeness (QED) is 0.414. The molecule has 0 radical (unpaired) electrons. The molecule has 72 valence electrons. The van der Waals surface area contributed by atoms with Gasteiger partial charge in [-0.3, -0.25) is 0 Å². The molecule has 0 aromatic rings. The maximum atomic E-state index is 5.41. The van der Waals surface area contributed by atoms with Crippen molar-refractivity contribution in [1.29, 1.82) is 0 Å². The van der Waals surface area contributed by atoms with Crippen molar-refractivity contribution >= 4 is 0 Å². The van der Waals surface area contributed by atoms with E-state index >= 15 is 0 Å². The van der Waals surface area contributed by atoms with Crippen LogP contribution in [0.25, 0.3) is 0 Å². The SMILES string of the molecule is CCCCCCCOC[C@H]1CO1. The maximum Gasteiger partial charge on any atom is 0.104 e. The fourth-order valence-electron chi connectivity index (χ4n) is 1.19. The summed E-state index contributed by atoms with van der Waals surface area (Å²) < 4.78 is 10.4. The predicted molar refractivity (Wildman–Crippen MR) is 49.3 cm³/mol. The molecule has 0 aliphatic carbocycles. The van der Waals surface area contributed by atoms with Gasteiger partial charge in [-0.1, -0.05) is 32.6 Å². The largest absolute Gasteiger partial charge is 0.379 e. The van der Waals surface area contributed by atoms with E-state index in [0.29, 0.717) is 6.10 Å². The molecule has 0 unspecified atom stereocenters. The fourth-order valence-corrected chi connectivity index (χ4v) is 1.19. The molecular formula is C10H20O2. The van der Waals surface area contributed by atoms with Crippen LogP contribution < -0.4 is 0 Å². The second-order valence-corrected chi connectivity index (χ2v) is 3.44. The zero-order valence-corrected chi connectivity index (χ0v) is 8.05. The summed E-state index contributed by atoms with van der Waals surface area (Å²) in [5.74, 6) is 0. The summed E-state index contributed by atoms with van der Waals surface area (Å²) in [5, 5.41) is 0. The van der Waals surface area contributed by atoms with Crippen LogP contribution in [0.3, 0.4) is 0 Å². The van der Waals surface area contributed by atoms with Crippen molar-refractivity contribution in [3.63, 3.8) is 0 Å². The fraction of sp³-hybridized carbons (Fsp3) is 1.00. The van der Waals surface area contributed by atoms with Crippen molar-refractivity contribution in [3.8, 4) is 0 Å². The molecule has 12 heavy (non-hydrogen) atoms. The first-order valence-corrected chi connectivity index (χ1v) is 5.13. The number of unbranched alkanes of at least 4 members (excludes halogenated alkanes) is 4. The average molecular weight is 172 g/mol. The summed E-state index contributed by atoms with van der Waals surface area (Å²) in [6.07, 6.45) is 7.01. The Morgan fingerprint density at radius 2 is 2.00 bits per heavy atom. The third kappa shape index (κ3) is 5.56. The highest BCUT2D eigenvalue weighted by molar-refractivity contribution is 4.66. The van der Waals surface area contributed by atoms with E-state index in [-0.39, 0.29) is 0 Å². The summed E-state index contributed by atoms with van der Waals surface area (Å²) in [4.78, 5) is 0. The van der Waals surface area contributed by atoms with E-state index < -0.39 is 0 Å². The summed E-state index contributed by atoms with van der Waals surface area (Å²) in [7, 11) is 0. The molecular weight excluding hydrogens is 152 g/mol. The van der Waals surface area contributed by atoms with Gasteiger partial charge in [-0.05, 0) is 6.42 Å². The zero-order chi connectivity index (χ0) is 8.65. The van der Waals surface area contributed by atoms with E-state index in [1.165, 1.54) is 32.1 Å². The number of hydrogen-bond acceptors (Lipinski definition) is 2. The second kappa shape index (κ2) is 6.44. The molecule has 0 amide bonds. The zero-order valence-electron chi connectivity index (χ0n) is 8.05.